The topological polar surface area (TPSA) is 61.4 Å². The number of anilines is 2. The zero-order chi connectivity index (χ0) is 18.0. The van der Waals surface area contributed by atoms with Gasteiger partial charge < -0.3 is 15.5 Å². The molecule has 0 aromatic heterocycles. The van der Waals surface area contributed by atoms with E-state index in [1.807, 2.05) is 63.2 Å². The molecule has 130 valence electrons. The van der Waals surface area contributed by atoms with Crippen LogP contribution in [-0.4, -0.2) is 24.5 Å². The summed E-state index contributed by atoms with van der Waals surface area (Å²) in [5.74, 6) is 0.0286. The number of nitrogens with one attached hydrogen (secondary N) is 2. The highest BCUT2D eigenvalue weighted by Gasteiger charge is 2.31. The molecule has 0 saturated carbocycles. The Morgan fingerprint density at radius 2 is 1.72 bits per heavy atom. The van der Waals surface area contributed by atoms with Crippen molar-refractivity contribution < 1.29 is 9.59 Å². The Kier molecular flexibility index (Phi) is 4.74. The number of amides is 3. The number of carbonyl (C=O) groups is 2. The molecule has 3 amide bonds. The Labute approximate surface area is 148 Å². The third kappa shape index (κ3) is 3.99. The fourth-order valence-electron chi connectivity index (χ4n) is 2.99. The van der Waals surface area contributed by atoms with Gasteiger partial charge in [-0.05, 0) is 50.1 Å². The average molecular weight is 337 g/mol. The van der Waals surface area contributed by atoms with Gasteiger partial charge in [0.1, 0.15) is 0 Å². The predicted octanol–water partition coefficient (Wildman–Crippen LogP) is 3.54. The van der Waals surface area contributed by atoms with Crippen LogP contribution in [0.3, 0.4) is 0 Å². The summed E-state index contributed by atoms with van der Waals surface area (Å²) in [5, 5.41) is 5.78. The molecule has 1 atom stereocenters. The van der Waals surface area contributed by atoms with Crippen molar-refractivity contribution in [2.24, 2.45) is 0 Å². The third-order valence-corrected chi connectivity index (χ3v) is 4.45. The Hall–Kier alpha value is -2.82. The van der Waals surface area contributed by atoms with E-state index in [2.05, 4.69) is 10.6 Å². The Balaban J connectivity index is 1.62. The van der Waals surface area contributed by atoms with Crippen molar-refractivity contribution in [1.82, 2.24) is 5.32 Å². The maximum absolute atomic E-state index is 12.3. The monoisotopic (exact) mass is 337 g/mol. The van der Waals surface area contributed by atoms with Crippen molar-refractivity contribution in [3.63, 3.8) is 0 Å². The first kappa shape index (κ1) is 17.0. The lowest BCUT2D eigenvalue weighted by Gasteiger charge is -2.18. The molecule has 5 heteroatoms. The molecule has 25 heavy (non-hydrogen) atoms. The van der Waals surface area contributed by atoms with Gasteiger partial charge in [0.25, 0.3) is 0 Å². The lowest BCUT2D eigenvalue weighted by atomic mass is 10.1. The Morgan fingerprint density at radius 1 is 1.04 bits per heavy atom. The number of hydrogen-bond acceptors (Lipinski definition) is 2. The average Bonchev–Trinajstić information content (AvgIpc) is 2.92. The molecule has 2 aromatic rings. The van der Waals surface area contributed by atoms with Crippen LogP contribution in [0.1, 0.15) is 23.1 Å². The van der Waals surface area contributed by atoms with Gasteiger partial charge in [0.05, 0.1) is 6.04 Å². The van der Waals surface area contributed by atoms with Crippen LogP contribution in [0, 0.1) is 20.8 Å². The molecule has 1 saturated heterocycles. The van der Waals surface area contributed by atoms with Gasteiger partial charge in [-0.2, -0.15) is 0 Å². The zero-order valence-corrected chi connectivity index (χ0v) is 14.8. The lowest BCUT2D eigenvalue weighted by Crippen LogP contribution is -2.39. The number of carbonyl (C=O) groups excluding carboxylic acids is 2. The SMILES string of the molecule is Cc1ccc(N2CC(NC(=O)Nc3cc(C)ccc3C)CC2=O)cc1. The minimum Gasteiger partial charge on any atom is -0.333 e. The molecule has 1 fully saturated rings. The molecule has 0 bridgehead atoms. The summed E-state index contributed by atoms with van der Waals surface area (Å²) in [6.07, 6.45) is 0.314. The maximum atomic E-state index is 12.3. The van der Waals surface area contributed by atoms with Crippen LogP contribution < -0.4 is 15.5 Å². The number of benzene rings is 2. The molecule has 0 radical (unpaired) electrons. The van der Waals surface area contributed by atoms with Crippen molar-refractivity contribution in [2.45, 2.75) is 33.2 Å². The molecule has 1 aliphatic heterocycles. The summed E-state index contributed by atoms with van der Waals surface area (Å²) in [4.78, 5) is 26.3. The number of aryl methyl sites for hydroxylation is 3. The summed E-state index contributed by atoms with van der Waals surface area (Å²) in [5.41, 5.74) is 4.90. The second-order valence-electron chi connectivity index (χ2n) is 6.66. The molecule has 0 spiro atoms. The first-order valence-electron chi connectivity index (χ1n) is 8.44. The largest absolute Gasteiger partial charge is 0.333 e. The molecule has 1 aliphatic rings. The van der Waals surface area contributed by atoms with E-state index in [1.165, 1.54) is 0 Å². The molecule has 1 unspecified atom stereocenters. The number of hydrogen-bond donors (Lipinski definition) is 2. The summed E-state index contributed by atoms with van der Waals surface area (Å²) in [6.45, 7) is 6.44. The first-order valence-corrected chi connectivity index (χ1v) is 8.44. The van der Waals surface area contributed by atoms with Gasteiger partial charge in [0.15, 0.2) is 0 Å². The van der Waals surface area contributed by atoms with Gasteiger partial charge in [0.2, 0.25) is 5.91 Å². The molecular formula is C20H23N3O2. The second-order valence-corrected chi connectivity index (χ2v) is 6.66. The lowest BCUT2D eigenvalue weighted by molar-refractivity contribution is -0.117. The fourth-order valence-corrected chi connectivity index (χ4v) is 2.99. The van der Waals surface area contributed by atoms with Gasteiger partial charge in [-0.25, -0.2) is 4.79 Å². The van der Waals surface area contributed by atoms with Crippen molar-refractivity contribution in [1.29, 1.82) is 0 Å². The molecule has 5 nitrogen and oxygen atoms in total. The standard InChI is InChI=1S/C20H23N3O2/c1-13-5-8-17(9-6-13)23-12-16(11-19(23)24)21-20(25)22-18-10-14(2)4-7-15(18)3/h4-10,16H,11-12H2,1-3H3,(H2,21,22,25). The molecule has 3 rings (SSSR count). The van der Waals surface area contributed by atoms with Gasteiger partial charge in [-0.15, -0.1) is 0 Å². The van der Waals surface area contributed by atoms with Gasteiger partial charge >= 0.3 is 6.03 Å². The van der Waals surface area contributed by atoms with Crippen LogP contribution in [0.2, 0.25) is 0 Å². The zero-order valence-electron chi connectivity index (χ0n) is 14.8. The van der Waals surface area contributed by atoms with Gasteiger partial charge in [-0.1, -0.05) is 29.8 Å². The van der Waals surface area contributed by atoms with Crippen molar-refractivity contribution in [3.8, 4) is 0 Å². The van der Waals surface area contributed by atoms with E-state index in [0.717, 1.165) is 28.1 Å². The number of nitrogens with zero attached hydrogens (tertiary/aromatic N) is 1. The summed E-state index contributed by atoms with van der Waals surface area (Å²) < 4.78 is 0. The van der Waals surface area contributed by atoms with E-state index in [0.29, 0.717) is 13.0 Å². The third-order valence-electron chi connectivity index (χ3n) is 4.45. The number of urea groups is 1. The van der Waals surface area contributed by atoms with E-state index >= 15 is 0 Å². The second kappa shape index (κ2) is 6.97. The van der Waals surface area contributed by atoms with Crippen LogP contribution in [-0.2, 0) is 4.79 Å². The highest BCUT2D eigenvalue weighted by Crippen LogP contribution is 2.22. The highest BCUT2D eigenvalue weighted by molar-refractivity contribution is 5.97. The Morgan fingerprint density at radius 3 is 2.44 bits per heavy atom. The van der Waals surface area contributed by atoms with Gasteiger partial charge in [0, 0.05) is 24.3 Å². The summed E-state index contributed by atoms with van der Waals surface area (Å²) in [7, 11) is 0. The minimum absolute atomic E-state index is 0.0286. The smallest absolute Gasteiger partial charge is 0.319 e. The predicted molar refractivity (Wildman–Crippen MR) is 100 cm³/mol. The van der Waals surface area contributed by atoms with Crippen LogP contribution in [0.15, 0.2) is 42.5 Å². The van der Waals surface area contributed by atoms with Crippen molar-refractivity contribution >= 4 is 23.3 Å². The van der Waals surface area contributed by atoms with Gasteiger partial charge in [-0.3, -0.25) is 4.79 Å². The molecular weight excluding hydrogens is 314 g/mol. The highest BCUT2D eigenvalue weighted by atomic mass is 16.2. The minimum atomic E-state index is -0.280. The van der Waals surface area contributed by atoms with E-state index in [9.17, 15) is 9.59 Å². The van der Waals surface area contributed by atoms with Crippen LogP contribution in [0.25, 0.3) is 0 Å². The molecule has 1 heterocycles. The van der Waals surface area contributed by atoms with E-state index in [1.54, 1.807) is 4.90 Å². The van der Waals surface area contributed by atoms with Crippen molar-refractivity contribution in [2.75, 3.05) is 16.8 Å². The molecule has 2 N–H and O–H groups in total. The summed E-state index contributed by atoms with van der Waals surface area (Å²) >= 11 is 0. The van der Waals surface area contributed by atoms with Crippen LogP contribution in [0.5, 0.6) is 0 Å². The normalized spacial score (nSPS) is 16.8. The number of rotatable bonds is 3. The van der Waals surface area contributed by atoms with Crippen molar-refractivity contribution in [3.05, 3.63) is 59.2 Å². The first-order chi connectivity index (χ1) is 11.9. The maximum Gasteiger partial charge on any atom is 0.319 e. The summed E-state index contributed by atoms with van der Waals surface area (Å²) in [6, 6.07) is 13.3. The molecule has 2 aromatic carbocycles. The van der Waals surface area contributed by atoms with Crippen LogP contribution >= 0.6 is 0 Å². The van der Waals surface area contributed by atoms with E-state index < -0.39 is 0 Å². The molecule has 0 aliphatic carbocycles. The van der Waals surface area contributed by atoms with Crippen LogP contribution in [0.4, 0.5) is 16.2 Å². The quantitative estimate of drug-likeness (QED) is 0.900. The Bertz CT molecular complexity index is 799. The fraction of sp³-hybridized carbons (Fsp3) is 0.300. The van der Waals surface area contributed by atoms with E-state index in [-0.39, 0.29) is 18.0 Å². The van der Waals surface area contributed by atoms with E-state index in [4.69, 9.17) is 0 Å².